The maximum absolute atomic E-state index is 5.07. The molecular weight excluding hydrogens is 546 g/mol. The normalized spacial score (nSPS) is 11.3. The second kappa shape index (κ2) is 11.0. The first-order valence-corrected chi connectivity index (χ1v) is 15.3. The second-order valence-electron chi connectivity index (χ2n) is 11.7. The molecule has 8 aromatic rings. The number of hydrogen-bond acceptors (Lipinski definition) is 2. The summed E-state index contributed by atoms with van der Waals surface area (Å²) in [5, 5.41) is 2.49. The maximum Gasteiger partial charge on any atom is 0.137 e. The lowest BCUT2D eigenvalue weighted by molar-refractivity contribution is 1.12. The summed E-state index contributed by atoms with van der Waals surface area (Å²) in [6, 6.07) is 52.0. The minimum absolute atomic E-state index is 0.936. The number of nitrogens with zero attached hydrogens (tertiary/aromatic N) is 3. The number of aromatic nitrogens is 3. The topological polar surface area (TPSA) is 30.2 Å². The Labute approximate surface area is 263 Å². The standard InChI is InChI=1S/C42H31N3/c1-28-22-36(23-29(2)43-28)39-26-37(25-38(27-39)35-20-17-30-10-6-7-13-34(30)24-35)31-15-18-32(19-16-31)41-42(33-11-4-3-5-12-33)45-21-9-8-14-40(45)44-41/h3-27H,1-2H3. The highest BCUT2D eigenvalue weighted by Gasteiger charge is 2.16. The molecule has 0 amide bonds. The van der Waals surface area contributed by atoms with Crippen molar-refractivity contribution in [1.29, 1.82) is 0 Å². The predicted octanol–water partition coefficient (Wildman–Crippen LogP) is 10.8. The van der Waals surface area contributed by atoms with E-state index in [0.717, 1.165) is 45.1 Å². The zero-order chi connectivity index (χ0) is 30.3. The van der Waals surface area contributed by atoms with Gasteiger partial charge in [-0.15, -0.1) is 0 Å². The van der Waals surface area contributed by atoms with Gasteiger partial charge in [-0.1, -0.05) is 97.1 Å². The van der Waals surface area contributed by atoms with Gasteiger partial charge in [-0.25, -0.2) is 4.98 Å². The van der Waals surface area contributed by atoms with Crippen LogP contribution in [0.3, 0.4) is 0 Å². The fourth-order valence-electron chi connectivity index (χ4n) is 6.39. The Morgan fingerprint density at radius 1 is 0.400 bits per heavy atom. The van der Waals surface area contributed by atoms with Crippen molar-refractivity contribution in [3.63, 3.8) is 0 Å². The predicted molar refractivity (Wildman–Crippen MR) is 187 cm³/mol. The molecule has 3 heterocycles. The van der Waals surface area contributed by atoms with Gasteiger partial charge in [-0.2, -0.15) is 0 Å². The van der Waals surface area contributed by atoms with Crippen LogP contribution in [-0.4, -0.2) is 14.4 Å². The third-order valence-corrected chi connectivity index (χ3v) is 8.50. The van der Waals surface area contributed by atoms with Crippen molar-refractivity contribution in [3.8, 4) is 55.9 Å². The quantitative estimate of drug-likeness (QED) is 0.204. The van der Waals surface area contributed by atoms with Gasteiger partial charge in [0.1, 0.15) is 5.65 Å². The van der Waals surface area contributed by atoms with Gasteiger partial charge >= 0.3 is 0 Å². The van der Waals surface area contributed by atoms with Crippen LogP contribution in [0.1, 0.15) is 11.4 Å². The molecule has 0 atom stereocenters. The first-order valence-electron chi connectivity index (χ1n) is 15.3. The van der Waals surface area contributed by atoms with E-state index in [1.54, 1.807) is 0 Å². The SMILES string of the molecule is Cc1cc(-c2cc(-c3ccc(-c4nc5ccccn5c4-c4ccccc4)cc3)cc(-c3ccc4ccccc4c3)c2)cc(C)n1. The van der Waals surface area contributed by atoms with E-state index in [2.05, 4.69) is 169 Å². The Bertz CT molecular complexity index is 2310. The first-order chi connectivity index (χ1) is 22.1. The Balaban J connectivity index is 1.26. The van der Waals surface area contributed by atoms with Crippen molar-refractivity contribution in [2.75, 3.05) is 0 Å². The summed E-state index contributed by atoms with van der Waals surface area (Å²) in [5.41, 5.74) is 14.4. The largest absolute Gasteiger partial charge is 0.299 e. The summed E-state index contributed by atoms with van der Waals surface area (Å²) in [6.07, 6.45) is 2.09. The van der Waals surface area contributed by atoms with Gasteiger partial charge < -0.3 is 0 Å². The van der Waals surface area contributed by atoms with Crippen LogP contribution in [0.15, 0.2) is 152 Å². The molecule has 3 nitrogen and oxygen atoms in total. The summed E-state index contributed by atoms with van der Waals surface area (Å²) in [7, 11) is 0. The van der Waals surface area contributed by atoms with Gasteiger partial charge in [-0.3, -0.25) is 9.38 Å². The maximum atomic E-state index is 5.07. The molecule has 0 aliphatic rings. The highest BCUT2D eigenvalue weighted by atomic mass is 15.0. The fraction of sp³-hybridized carbons (Fsp3) is 0.0476. The van der Waals surface area contributed by atoms with E-state index in [4.69, 9.17) is 4.98 Å². The molecule has 0 unspecified atom stereocenters. The van der Waals surface area contributed by atoms with Gasteiger partial charge in [0, 0.05) is 28.7 Å². The summed E-state index contributed by atoms with van der Waals surface area (Å²) in [6.45, 7) is 4.12. The third-order valence-electron chi connectivity index (χ3n) is 8.50. The van der Waals surface area contributed by atoms with Crippen LogP contribution in [-0.2, 0) is 0 Å². The van der Waals surface area contributed by atoms with E-state index in [9.17, 15) is 0 Å². The van der Waals surface area contributed by atoms with Crippen LogP contribution in [0.5, 0.6) is 0 Å². The molecule has 45 heavy (non-hydrogen) atoms. The molecule has 0 spiro atoms. The molecule has 5 aromatic carbocycles. The molecule has 0 saturated heterocycles. The van der Waals surface area contributed by atoms with Gasteiger partial charge in [0.15, 0.2) is 0 Å². The monoisotopic (exact) mass is 577 g/mol. The second-order valence-corrected chi connectivity index (χ2v) is 11.7. The number of imidazole rings is 1. The van der Waals surface area contributed by atoms with Gasteiger partial charge in [0.05, 0.1) is 11.4 Å². The lowest BCUT2D eigenvalue weighted by Gasteiger charge is -2.13. The van der Waals surface area contributed by atoms with Crippen LogP contribution in [0.4, 0.5) is 0 Å². The summed E-state index contributed by atoms with van der Waals surface area (Å²) in [4.78, 5) is 9.70. The van der Waals surface area contributed by atoms with Crippen LogP contribution in [0, 0.1) is 13.8 Å². The number of benzene rings is 5. The Kier molecular flexibility index (Phi) is 6.57. The molecule has 8 rings (SSSR count). The van der Waals surface area contributed by atoms with Crippen LogP contribution >= 0.6 is 0 Å². The molecule has 0 fully saturated rings. The highest BCUT2D eigenvalue weighted by Crippen LogP contribution is 2.37. The number of fused-ring (bicyclic) bond motifs is 2. The van der Waals surface area contributed by atoms with E-state index in [0.29, 0.717) is 0 Å². The van der Waals surface area contributed by atoms with Crippen LogP contribution < -0.4 is 0 Å². The highest BCUT2D eigenvalue weighted by molar-refractivity contribution is 5.90. The van der Waals surface area contributed by atoms with Crippen molar-refractivity contribution in [2.45, 2.75) is 13.8 Å². The summed E-state index contributed by atoms with van der Waals surface area (Å²) in [5.74, 6) is 0. The average molecular weight is 578 g/mol. The molecule has 0 saturated carbocycles. The third kappa shape index (κ3) is 5.09. The van der Waals surface area contributed by atoms with E-state index < -0.39 is 0 Å². The Hall–Kier alpha value is -5.80. The van der Waals surface area contributed by atoms with Crippen molar-refractivity contribution in [2.24, 2.45) is 0 Å². The number of aryl methyl sites for hydroxylation is 2. The number of rotatable bonds is 5. The molecule has 214 valence electrons. The molecule has 0 radical (unpaired) electrons. The lowest BCUT2D eigenvalue weighted by atomic mass is 9.92. The Morgan fingerprint density at radius 2 is 0.978 bits per heavy atom. The smallest absolute Gasteiger partial charge is 0.137 e. The van der Waals surface area contributed by atoms with E-state index in [1.807, 2.05) is 6.07 Å². The number of hydrogen-bond donors (Lipinski definition) is 0. The Morgan fingerprint density at radius 3 is 1.73 bits per heavy atom. The van der Waals surface area contributed by atoms with Gasteiger partial charge in [0.25, 0.3) is 0 Å². The van der Waals surface area contributed by atoms with E-state index in [1.165, 1.54) is 38.6 Å². The summed E-state index contributed by atoms with van der Waals surface area (Å²) < 4.78 is 2.18. The lowest BCUT2D eigenvalue weighted by Crippen LogP contribution is -1.91. The molecule has 0 aliphatic heterocycles. The minimum Gasteiger partial charge on any atom is -0.299 e. The summed E-state index contributed by atoms with van der Waals surface area (Å²) >= 11 is 0. The number of pyridine rings is 2. The molecule has 0 N–H and O–H groups in total. The van der Waals surface area contributed by atoms with Crippen LogP contribution in [0.2, 0.25) is 0 Å². The first kappa shape index (κ1) is 26.8. The fourth-order valence-corrected chi connectivity index (χ4v) is 6.39. The zero-order valence-corrected chi connectivity index (χ0v) is 25.3. The van der Waals surface area contributed by atoms with Crippen molar-refractivity contribution in [3.05, 3.63) is 163 Å². The van der Waals surface area contributed by atoms with Crippen molar-refractivity contribution in [1.82, 2.24) is 14.4 Å². The molecular formula is C42H31N3. The molecule has 3 aromatic heterocycles. The molecule has 0 bridgehead atoms. The molecule has 0 aliphatic carbocycles. The van der Waals surface area contributed by atoms with Crippen LogP contribution in [0.25, 0.3) is 72.3 Å². The average Bonchev–Trinajstić information content (AvgIpc) is 3.48. The van der Waals surface area contributed by atoms with Crippen molar-refractivity contribution >= 4 is 16.4 Å². The zero-order valence-electron chi connectivity index (χ0n) is 25.3. The molecule has 3 heteroatoms. The van der Waals surface area contributed by atoms with Crippen molar-refractivity contribution < 1.29 is 0 Å². The van der Waals surface area contributed by atoms with Gasteiger partial charge in [-0.05, 0) is 107 Å². The minimum atomic E-state index is 0.936. The van der Waals surface area contributed by atoms with E-state index in [-0.39, 0.29) is 0 Å². The van der Waals surface area contributed by atoms with Gasteiger partial charge in [0.2, 0.25) is 0 Å². The van der Waals surface area contributed by atoms with E-state index >= 15 is 0 Å².